The third-order valence-corrected chi connectivity index (χ3v) is 4.37. The number of nitrogens with zero attached hydrogens (tertiary/aromatic N) is 1. The van der Waals surface area contributed by atoms with Crippen LogP contribution in [0.15, 0.2) is 59.8 Å². The minimum Gasteiger partial charge on any atom is -0.378 e. The van der Waals surface area contributed by atoms with Crippen LogP contribution in [0.25, 0.3) is 0 Å². The molecule has 0 spiro atoms. The predicted molar refractivity (Wildman–Crippen MR) is 103 cm³/mol. The van der Waals surface area contributed by atoms with Crippen molar-refractivity contribution >= 4 is 23.3 Å². The van der Waals surface area contributed by atoms with E-state index in [9.17, 15) is 14.0 Å². The average Bonchev–Trinajstić information content (AvgIpc) is 2.61. The topological polar surface area (TPSA) is 73.5 Å². The van der Waals surface area contributed by atoms with Crippen LogP contribution in [0.3, 0.4) is 0 Å². The summed E-state index contributed by atoms with van der Waals surface area (Å²) < 4.78 is 14.3. The van der Waals surface area contributed by atoms with Crippen molar-refractivity contribution in [3.63, 3.8) is 0 Å². The van der Waals surface area contributed by atoms with Gasteiger partial charge >= 0.3 is 6.03 Å². The van der Waals surface area contributed by atoms with Gasteiger partial charge in [-0.25, -0.2) is 9.18 Å². The molecule has 7 heteroatoms. The van der Waals surface area contributed by atoms with Gasteiger partial charge in [-0.15, -0.1) is 0 Å². The highest BCUT2D eigenvalue weighted by Crippen LogP contribution is 2.29. The maximum Gasteiger partial charge on any atom is 0.319 e. The average molecular weight is 368 g/mol. The zero-order valence-electron chi connectivity index (χ0n) is 15.3. The molecule has 3 amide bonds. The van der Waals surface area contributed by atoms with Crippen molar-refractivity contribution in [1.29, 1.82) is 0 Å². The summed E-state index contributed by atoms with van der Waals surface area (Å²) in [5.41, 5.74) is 2.49. The van der Waals surface area contributed by atoms with E-state index >= 15 is 0 Å². The minimum absolute atomic E-state index is 0.236. The van der Waals surface area contributed by atoms with E-state index in [-0.39, 0.29) is 11.1 Å². The Balaban J connectivity index is 1.91. The Morgan fingerprint density at radius 2 is 1.78 bits per heavy atom. The minimum atomic E-state index is -0.874. The Kier molecular flexibility index (Phi) is 5.12. The van der Waals surface area contributed by atoms with Crippen LogP contribution in [0, 0.1) is 5.82 Å². The molecular formula is C20H21FN4O2. The monoisotopic (exact) mass is 368 g/mol. The molecule has 0 saturated heterocycles. The summed E-state index contributed by atoms with van der Waals surface area (Å²) in [5, 5.41) is 8.02. The number of anilines is 2. The molecule has 6 nitrogen and oxygen atoms in total. The maximum atomic E-state index is 14.3. The normalized spacial score (nSPS) is 16.4. The predicted octanol–water partition coefficient (Wildman–Crippen LogP) is 3.16. The van der Waals surface area contributed by atoms with Crippen molar-refractivity contribution in [3.8, 4) is 0 Å². The number of hydrogen-bond donors (Lipinski definition) is 3. The number of nitrogens with one attached hydrogen (secondary N) is 3. The van der Waals surface area contributed by atoms with Gasteiger partial charge in [-0.1, -0.05) is 18.2 Å². The number of carbonyl (C=O) groups excluding carboxylic acids is 2. The third kappa shape index (κ3) is 3.92. The van der Waals surface area contributed by atoms with E-state index in [1.54, 1.807) is 37.3 Å². The van der Waals surface area contributed by atoms with Crippen LogP contribution in [0.2, 0.25) is 0 Å². The Hall–Kier alpha value is -3.35. The standard InChI is InChI=1S/C20H21FN4O2/c1-12-17(19(26)23-13-8-10-14(11-9-13)25(2)3)18(24-20(27)22-12)15-6-4-5-7-16(15)21/h4-11,18H,1-3H3,(H,23,26)(H2,22,24,27)/t18-/m1/s1. The highest BCUT2D eigenvalue weighted by atomic mass is 19.1. The van der Waals surface area contributed by atoms with Gasteiger partial charge in [0.05, 0.1) is 11.6 Å². The zero-order valence-corrected chi connectivity index (χ0v) is 15.3. The second-order valence-electron chi connectivity index (χ2n) is 6.49. The van der Waals surface area contributed by atoms with Crippen LogP contribution in [0.5, 0.6) is 0 Å². The van der Waals surface area contributed by atoms with Gasteiger partial charge in [-0.2, -0.15) is 0 Å². The molecule has 140 valence electrons. The van der Waals surface area contributed by atoms with Crippen molar-refractivity contribution in [1.82, 2.24) is 10.6 Å². The maximum absolute atomic E-state index is 14.3. The van der Waals surface area contributed by atoms with Crippen molar-refractivity contribution in [2.75, 3.05) is 24.3 Å². The molecule has 1 atom stereocenters. The van der Waals surface area contributed by atoms with Crippen LogP contribution in [-0.2, 0) is 4.79 Å². The van der Waals surface area contributed by atoms with Gasteiger partial charge < -0.3 is 20.9 Å². The first-order valence-corrected chi connectivity index (χ1v) is 8.48. The lowest BCUT2D eigenvalue weighted by Crippen LogP contribution is -2.46. The molecule has 3 N–H and O–H groups in total. The summed E-state index contributed by atoms with van der Waals surface area (Å²) in [7, 11) is 3.86. The Morgan fingerprint density at radius 1 is 1.11 bits per heavy atom. The molecule has 2 aromatic rings. The Labute approximate surface area is 157 Å². The van der Waals surface area contributed by atoms with Crippen molar-refractivity contribution in [3.05, 3.63) is 71.2 Å². The fourth-order valence-corrected chi connectivity index (χ4v) is 2.98. The zero-order chi connectivity index (χ0) is 19.6. The van der Waals surface area contributed by atoms with E-state index in [1.807, 2.05) is 31.1 Å². The molecule has 0 fully saturated rings. The molecule has 1 aliphatic heterocycles. The summed E-state index contributed by atoms with van der Waals surface area (Å²) in [5.74, 6) is -0.899. The SMILES string of the molecule is CC1=C(C(=O)Nc2ccc(N(C)C)cc2)[C@@H](c2ccccc2F)NC(=O)N1. The van der Waals surface area contributed by atoms with E-state index in [4.69, 9.17) is 0 Å². The van der Waals surface area contributed by atoms with E-state index in [0.717, 1.165) is 5.69 Å². The second-order valence-corrected chi connectivity index (χ2v) is 6.49. The first-order chi connectivity index (χ1) is 12.9. The molecule has 0 bridgehead atoms. The lowest BCUT2D eigenvalue weighted by Gasteiger charge is -2.29. The third-order valence-electron chi connectivity index (χ3n) is 4.37. The molecule has 0 aromatic heterocycles. The number of rotatable bonds is 4. The lowest BCUT2D eigenvalue weighted by molar-refractivity contribution is -0.113. The molecule has 3 rings (SSSR count). The molecular weight excluding hydrogens is 347 g/mol. The molecule has 0 unspecified atom stereocenters. The van der Waals surface area contributed by atoms with Gasteiger partial charge in [0, 0.05) is 36.7 Å². The molecule has 0 radical (unpaired) electrons. The summed E-state index contributed by atoms with van der Waals surface area (Å²) in [6.07, 6.45) is 0. The number of urea groups is 1. The van der Waals surface area contributed by atoms with E-state index < -0.39 is 23.8 Å². The number of amides is 3. The number of hydrogen-bond acceptors (Lipinski definition) is 3. The summed E-state index contributed by atoms with van der Waals surface area (Å²) >= 11 is 0. The number of carbonyl (C=O) groups is 2. The highest BCUT2D eigenvalue weighted by Gasteiger charge is 2.32. The van der Waals surface area contributed by atoms with Crippen molar-refractivity contribution < 1.29 is 14.0 Å². The molecule has 1 heterocycles. The van der Waals surface area contributed by atoms with Crippen LogP contribution in [0.4, 0.5) is 20.6 Å². The fourth-order valence-electron chi connectivity index (χ4n) is 2.98. The van der Waals surface area contributed by atoms with Crippen LogP contribution in [-0.4, -0.2) is 26.0 Å². The van der Waals surface area contributed by atoms with Gasteiger partial charge in [0.15, 0.2) is 0 Å². The van der Waals surface area contributed by atoms with Crippen LogP contribution < -0.4 is 20.9 Å². The summed E-state index contributed by atoms with van der Waals surface area (Å²) in [4.78, 5) is 26.7. The molecule has 2 aromatic carbocycles. The van der Waals surface area contributed by atoms with E-state index in [1.165, 1.54) is 6.07 Å². The Morgan fingerprint density at radius 3 is 2.41 bits per heavy atom. The summed E-state index contributed by atoms with van der Waals surface area (Å²) in [6.45, 7) is 1.62. The lowest BCUT2D eigenvalue weighted by atomic mass is 9.94. The van der Waals surface area contributed by atoms with E-state index in [2.05, 4.69) is 16.0 Å². The number of benzene rings is 2. The first-order valence-electron chi connectivity index (χ1n) is 8.48. The quantitative estimate of drug-likeness (QED) is 0.776. The highest BCUT2D eigenvalue weighted by molar-refractivity contribution is 6.06. The number of halogens is 1. The smallest absolute Gasteiger partial charge is 0.319 e. The fraction of sp³-hybridized carbons (Fsp3) is 0.200. The molecule has 1 aliphatic rings. The van der Waals surface area contributed by atoms with E-state index in [0.29, 0.717) is 11.4 Å². The largest absolute Gasteiger partial charge is 0.378 e. The Bertz CT molecular complexity index is 906. The van der Waals surface area contributed by atoms with Crippen LogP contribution >= 0.6 is 0 Å². The molecule has 0 saturated carbocycles. The first kappa shape index (κ1) is 18.4. The van der Waals surface area contributed by atoms with Gasteiger partial charge in [0.1, 0.15) is 5.82 Å². The number of allylic oxidation sites excluding steroid dienone is 1. The van der Waals surface area contributed by atoms with Gasteiger partial charge in [-0.05, 0) is 37.3 Å². The van der Waals surface area contributed by atoms with Crippen molar-refractivity contribution in [2.45, 2.75) is 13.0 Å². The second kappa shape index (κ2) is 7.49. The summed E-state index contributed by atoms with van der Waals surface area (Å²) in [6, 6.07) is 12.1. The van der Waals surface area contributed by atoms with Gasteiger partial charge in [-0.3, -0.25) is 4.79 Å². The van der Waals surface area contributed by atoms with Crippen LogP contribution in [0.1, 0.15) is 18.5 Å². The molecule has 0 aliphatic carbocycles. The molecule has 27 heavy (non-hydrogen) atoms. The van der Waals surface area contributed by atoms with Gasteiger partial charge in [0.2, 0.25) is 0 Å². The van der Waals surface area contributed by atoms with Crippen molar-refractivity contribution in [2.24, 2.45) is 0 Å². The van der Waals surface area contributed by atoms with Gasteiger partial charge in [0.25, 0.3) is 5.91 Å².